The number of hydrogen-bond donors (Lipinski definition) is 2. The van der Waals surface area contributed by atoms with Gasteiger partial charge in [-0.2, -0.15) is 0 Å². The molecule has 164 valence electrons. The molecule has 0 aromatic carbocycles. The van der Waals surface area contributed by atoms with Crippen LogP contribution in [0.2, 0.25) is 0 Å². The third kappa shape index (κ3) is 6.74. The summed E-state index contributed by atoms with van der Waals surface area (Å²) < 4.78 is 0. The highest BCUT2D eigenvalue weighted by molar-refractivity contribution is 9.08. The van der Waals surface area contributed by atoms with Crippen LogP contribution in [0.4, 0.5) is 0 Å². The SMILES string of the molecule is BrCc1ccnc(-c2cc(CBr)ccn2)c1.OCc1ccnc(-c2cc(CO)ccn2)c1. The molecule has 0 radical (unpaired) electrons. The van der Waals surface area contributed by atoms with E-state index in [1.54, 1.807) is 36.7 Å². The molecular formula is C24H22Br2N4O2. The van der Waals surface area contributed by atoms with Crippen LogP contribution in [-0.4, -0.2) is 30.1 Å². The largest absolute Gasteiger partial charge is 0.392 e. The first-order valence-corrected chi connectivity index (χ1v) is 12.0. The van der Waals surface area contributed by atoms with Gasteiger partial charge in [0.2, 0.25) is 0 Å². The predicted molar refractivity (Wildman–Crippen MR) is 132 cm³/mol. The monoisotopic (exact) mass is 556 g/mol. The first-order chi connectivity index (χ1) is 15.7. The van der Waals surface area contributed by atoms with Gasteiger partial charge in [0.15, 0.2) is 0 Å². The van der Waals surface area contributed by atoms with Crippen LogP contribution in [0.15, 0.2) is 73.3 Å². The predicted octanol–water partition coefficient (Wildman–Crippen LogP) is 5.06. The fourth-order valence-corrected chi connectivity index (χ4v) is 3.52. The van der Waals surface area contributed by atoms with E-state index in [1.165, 1.54) is 11.1 Å². The molecule has 0 atom stereocenters. The van der Waals surface area contributed by atoms with Crippen molar-refractivity contribution in [3.05, 3.63) is 95.6 Å². The third-order valence-electron chi connectivity index (χ3n) is 4.50. The number of aliphatic hydroxyl groups is 2. The Hall–Kier alpha value is -2.52. The van der Waals surface area contributed by atoms with Crippen LogP contribution < -0.4 is 0 Å². The minimum absolute atomic E-state index is 0.0186. The Morgan fingerprint density at radius 2 is 0.781 bits per heavy atom. The lowest BCUT2D eigenvalue weighted by atomic mass is 10.1. The summed E-state index contributed by atoms with van der Waals surface area (Å²) in [4.78, 5) is 17.0. The quantitative estimate of drug-likeness (QED) is 0.322. The molecule has 0 aliphatic heterocycles. The molecular weight excluding hydrogens is 536 g/mol. The maximum Gasteiger partial charge on any atom is 0.0889 e. The van der Waals surface area contributed by atoms with Crippen LogP contribution in [0.3, 0.4) is 0 Å². The molecule has 0 bridgehead atoms. The molecule has 4 aromatic rings. The van der Waals surface area contributed by atoms with Crippen molar-refractivity contribution in [1.82, 2.24) is 19.9 Å². The molecule has 0 fully saturated rings. The van der Waals surface area contributed by atoms with E-state index in [1.807, 2.05) is 24.5 Å². The second kappa shape index (κ2) is 12.5. The van der Waals surface area contributed by atoms with E-state index in [2.05, 4.69) is 63.9 Å². The van der Waals surface area contributed by atoms with Gasteiger partial charge in [0.05, 0.1) is 36.0 Å². The Balaban J connectivity index is 0.000000181. The first kappa shape index (κ1) is 24.1. The molecule has 0 spiro atoms. The lowest BCUT2D eigenvalue weighted by Crippen LogP contribution is -1.92. The smallest absolute Gasteiger partial charge is 0.0889 e. The summed E-state index contributed by atoms with van der Waals surface area (Å²) in [5, 5.41) is 19.7. The van der Waals surface area contributed by atoms with Crippen molar-refractivity contribution >= 4 is 31.9 Å². The average molecular weight is 558 g/mol. The van der Waals surface area contributed by atoms with E-state index >= 15 is 0 Å². The van der Waals surface area contributed by atoms with E-state index in [-0.39, 0.29) is 13.2 Å². The molecule has 4 rings (SSSR count). The van der Waals surface area contributed by atoms with Gasteiger partial charge in [0.1, 0.15) is 0 Å². The number of rotatable bonds is 6. The van der Waals surface area contributed by atoms with Crippen molar-refractivity contribution in [2.45, 2.75) is 23.9 Å². The van der Waals surface area contributed by atoms with Crippen LogP contribution in [0, 0.1) is 0 Å². The van der Waals surface area contributed by atoms with Gasteiger partial charge in [-0.25, -0.2) is 0 Å². The molecule has 6 nitrogen and oxygen atoms in total. The highest BCUT2D eigenvalue weighted by Gasteiger charge is 2.04. The Bertz CT molecular complexity index is 976. The maximum absolute atomic E-state index is 9.02. The second-order valence-electron chi connectivity index (χ2n) is 6.78. The van der Waals surface area contributed by atoms with Crippen LogP contribution in [0.25, 0.3) is 22.8 Å². The van der Waals surface area contributed by atoms with E-state index in [4.69, 9.17) is 10.2 Å². The summed E-state index contributed by atoms with van der Waals surface area (Å²) in [6.07, 6.45) is 6.89. The number of pyridine rings is 4. The molecule has 2 N–H and O–H groups in total. The van der Waals surface area contributed by atoms with Gasteiger partial charge in [0, 0.05) is 35.4 Å². The Morgan fingerprint density at radius 3 is 1.06 bits per heavy atom. The lowest BCUT2D eigenvalue weighted by molar-refractivity contribution is 0.281. The molecule has 0 aliphatic carbocycles. The van der Waals surface area contributed by atoms with Gasteiger partial charge in [-0.1, -0.05) is 31.9 Å². The minimum Gasteiger partial charge on any atom is -0.392 e. The van der Waals surface area contributed by atoms with Gasteiger partial charge in [-0.15, -0.1) is 0 Å². The number of aliphatic hydroxyl groups excluding tert-OH is 2. The number of halogens is 2. The lowest BCUT2D eigenvalue weighted by Gasteiger charge is -2.03. The van der Waals surface area contributed by atoms with E-state index in [0.717, 1.165) is 33.2 Å². The zero-order chi connectivity index (χ0) is 22.8. The standard InChI is InChI=1S/C12H10Br2N2.C12H12N2O2/c13-7-9-1-3-15-11(5-9)12-6-10(8-14)2-4-16-12;15-7-9-1-3-13-11(5-9)12-6-10(8-16)2-4-14-12/h1-6H,7-8H2;1-6,15-16H,7-8H2. The van der Waals surface area contributed by atoms with Crippen LogP contribution in [0.5, 0.6) is 0 Å². The van der Waals surface area contributed by atoms with E-state index in [9.17, 15) is 0 Å². The van der Waals surface area contributed by atoms with Gasteiger partial charge in [-0.05, 0) is 70.8 Å². The summed E-state index contributed by atoms with van der Waals surface area (Å²) in [6.45, 7) is -0.0373. The van der Waals surface area contributed by atoms with Crippen molar-refractivity contribution in [3.63, 3.8) is 0 Å². The van der Waals surface area contributed by atoms with Gasteiger partial charge < -0.3 is 10.2 Å². The number of nitrogens with zero attached hydrogens (tertiary/aromatic N) is 4. The zero-order valence-corrected chi connectivity index (χ0v) is 20.4. The topological polar surface area (TPSA) is 92.0 Å². The van der Waals surface area contributed by atoms with Gasteiger partial charge >= 0.3 is 0 Å². The summed E-state index contributed by atoms with van der Waals surface area (Å²) in [6, 6.07) is 15.1. The number of hydrogen-bond acceptors (Lipinski definition) is 6. The molecule has 4 heterocycles. The highest BCUT2D eigenvalue weighted by Crippen LogP contribution is 2.19. The minimum atomic E-state index is -0.0186. The van der Waals surface area contributed by atoms with Gasteiger partial charge in [-0.3, -0.25) is 19.9 Å². The van der Waals surface area contributed by atoms with Crippen molar-refractivity contribution in [1.29, 1.82) is 0 Å². The average Bonchev–Trinajstić information content (AvgIpc) is 2.89. The highest BCUT2D eigenvalue weighted by atomic mass is 79.9. The molecule has 0 unspecified atom stereocenters. The molecule has 0 aliphatic rings. The molecule has 8 heteroatoms. The fraction of sp³-hybridized carbons (Fsp3) is 0.167. The van der Waals surface area contributed by atoms with Crippen LogP contribution in [0.1, 0.15) is 22.3 Å². The van der Waals surface area contributed by atoms with Crippen molar-refractivity contribution in [3.8, 4) is 22.8 Å². The number of alkyl halides is 2. The summed E-state index contributed by atoms with van der Waals surface area (Å²) in [5.41, 5.74) is 7.22. The second-order valence-corrected chi connectivity index (χ2v) is 7.90. The van der Waals surface area contributed by atoms with E-state index < -0.39 is 0 Å². The van der Waals surface area contributed by atoms with Gasteiger partial charge in [0.25, 0.3) is 0 Å². The molecule has 0 saturated heterocycles. The van der Waals surface area contributed by atoms with Crippen LogP contribution in [-0.2, 0) is 23.9 Å². The van der Waals surface area contributed by atoms with E-state index in [0.29, 0.717) is 11.4 Å². The summed E-state index contributed by atoms with van der Waals surface area (Å²) in [7, 11) is 0. The van der Waals surface area contributed by atoms with Crippen molar-refractivity contribution in [2.24, 2.45) is 0 Å². The van der Waals surface area contributed by atoms with Crippen molar-refractivity contribution < 1.29 is 10.2 Å². The molecule has 0 saturated carbocycles. The fourth-order valence-electron chi connectivity index (χ4n) is 2.82. The summed E-state index contributed by atoms with van der Waals surface area (Å²) >= 11 is 6.87. The van der Waals surface area contributed by atoms with Crippen molar-refractivity contribution in [2.75, 3.05) is 0 Å². The summed E-state index contributed by atoms with van der Waals surface area (Å²) in [5.74, 6) is 0. The molecule has 0 amide bonds. The molecule has 32 heavy (non-hydrogen) atoms. The zero-order valence-electron chi connectivity index (χ0n) is 17.2. The first-order valence-electron chi connectivity index (χ1n) is 9.81. The Kier molecular flexibility index (Phi) is 9.43. The Morgan fingerprint density at radius 1 is 0.500 bits per heavy atom. The maximum atomic E-state index is 9.02. The normalized spacial score (nSPS) is 10.4. The third-order valence-corrected chi connectivity index (χ3v) is 5.79. The number of aromatic nitrogens is 4. The Labute approximate surface area is 203 Å². The van der Waals surface area contributed by atoms with Crippen LogP contribution >= 0.6 is 31.9 Å². The molecule has 4 aromatic heterocycles.